The normalized spacial score (nSPS) is 12.7. The molecule has 502 valence electrons. The predicted molar refractivity (Wildman–Crippen MR) is 375 cm³/mol. The highest BCUT2D eigenvalue weighted by Crippen LogP contribution is 2.19. The van der Waals surface area contributed by atoms with Gasteiger partial charge in [0, 0.05) is 12.8 Å². The van der Waals surface area contributed by atoms with Crippen LogP contribution in [0.3, 0.4) is 0 Å². The van der Waals surface area contributed by atoms with Gasteiger partial charge in [-0.05, 0) is 83.5 Å². The molecule has 1 amide bonds. The first kappa shape index (κ1) is 83.1. The molecule has 0 saturated heterocycles. The number of amides is 1. The number of hydrogen-bond acceptors (Lipinski definition) is 5. The van der Waals surface area contributed by atoms with Crippen LogP contribution >= 0.6 is 0 Å². The van der Waals surface area contributed by atoms with Gasteiger partial charge in [-0.15, -0.1) is 0 Å². The smallest absolute Gasteiger partial charge is 0.305 e. The summed E-state index contributed by atoms with van der Waals surface area (Å²) in [5.41, 5.74) is 0. The zero-order valence-corrected chi connectivity index (χ0v) is 57.6. The molecule has 0 aliphatic rings. The van der Waals surface area contributed by atoms with Gasteiger partial charge in [-0.3, -0.25) is 9.59 Å². The Balaban J connectivity index is 3.37. The zero-order valence-electron chi connectivity index (χ0n) is 57.6. The molecule has 0 saturated carbocycles. The summed E-state index contributed by atoms with van der Waals surface area (Å²) in [6, 6.07) is -0.542. The first-order valence-electron chi connectivity index (χ1n) is 38.7. The fraction of sp³-hybridized carbons (Fsp3) is 0.899. The molecule has 0 spiro atoms. The number of carbonyl (C=O) groups excluding carboxylic acids is 2. The molecule has 0 heterocycles. The first-order chi connectivity index (χ1) is 42.0. The third kappa shape index (κ3) is 71.0. The summed E-state index contributed by atoms with van der Waals surface area (Å²) >= 11 is 0. The van der Waals surface area contributed by atoms with Gasteiger partial charge in [0.1, 0.15) is 0 Å². The second kappa shape index (κ2) is 74.5. The van der Waals surface area contributed by atoms with E-state index in [4.69, 9.17) is 4.74 Å². The van der Waals surface area contributed by atoms with Gasteiger partial charge in [0.05, 0.1) is 25.4 Å². The van der Waals surface area contributed by atoms with Crippen LogP contribution in [0.4, 0.5) is 0 Å². The summed E-state index contributed by atoms with van der Waals surface area (Å²) in [4.78, 5) is 24.6. The van der Waals surface area contributed by atoms with E-state index in [0.29, 0.717) is 25.9 Å². The van der Waals surface area contributed by atoms with Crippen LogP contribution in [0.15, 0.2) is 36.5 Å². The number of carbonyl (C=O) groups is 2. The van der Waals surface area contributed by atoms with Gasteiger partial charge in [-0.2, -0.15) is 0 Å². The Hall–Kier alpha value is -1.92. The molecule has 0 aliphatic heterocycles. The van der Waals surface area contributed by atoms with E-state index in [1.165, 1.54) is 347 Å². The highest BCUT2D eigenvalue weighted by molar-refractivity contribution is 5.76. The van der Waals surface area contributed by atoms with Gasteiger partial charge in [0.2, 0.25) is 5.91 Å². The van der Waals surface area contributed by atoms with E-state index in [-0.39, 0.29) is 18.5 Å². The summed E-state index contributed by atoms with van der Waals surface area (Å²) < 4.78 is 5.49. The van der Waals surface area contributed by atoms with Crippen LogP contribution in [0, 0.1) is 0 Å². The fourth-order valence-corrected chi connectivity index (χ4v) is 12.3. The monoisotopic (exact) mass is 1190 g/mol. The molecule has 2 atom stereocenters. The van der Waals surface area contributed by atoms with Crippen LogP contribution in [0.1, 0.15) is 431 Å². The molecule has 6 heteroatoms. The lowest BCUT2D eigenvalue weighted by Gasteiger charge is -2.22. The summed E-state index contributed by atoms with van der Waals surface area (Å²) in [6.45, 7) is 4.96. The maximum absolute atomic E-state index is 12.6. The Kier molecular flexibility index (Phi) is 72.9. The van der Waals surface area contributed by atoms with E-state index in [0.717, 1.165) is 51.4 Å². The van der Waals surface area contributed by atoms with E-state index in [9.17, 15) is 19.8 Å². The summed E-state index contributed by atoms with van der Waals surface area (Å²) in [5, 5.41) is 23.5. The number of aliphatic hydroxyl groups is 2. The quantitative estimate of drug-likeness (QED) is 0.0320. The molecule has 0 aromatic heterocycles. The average Bonchev–Trinajstić information content (AvgIpc) is 3.51. The number of hydrogen-bond donors (Lipinski definition) is 3. The van der Waals surface area contributed by atoms with Crippen LogP contribution in [-0.2, 0) is 14.3 Å². The maximum atomic E-state index is 12.6. The largest absolute Gasteiger partial charge is 0.466 e. The van der Waals surface area contributed by atoms with Crippen molar-refractivity contribution >= 4 is 11.9 Å². The number of rotatable bonds is 73. The SMILES string of the molecule is CCCCC/C=C\C/C=C\CCCCCCCC(=O)OCCCCCCCCCCCCCC/C=C\CCCCCCCCCCCCCCCCC(=O)NC(CO)C(O)CCCCCCCCCCCCCCCCCCCCCCCCC. The van der Waals surface area contributed by atoms with E-state index < -0.39 is 12.1 Å². The molecule has 2 unspecified atom stereocenters. The number of ether oxygens (including phenoxy) is 1. The molecule has 0 radical (unpaired) electrons. The number of allylic oxidation sites excluding steroid dienone is 6. The highest BCUT2D eigenvalue weighted by Gasteiger charge is 2.20. The van der Waals surface area contributed by atoms with Crippen molar-refractivity contribution in [3.63, 3.8) is 0 Å². The molecule has 0 bridgehead atoms. The Labute approximate surface area is 532 Å². The van der Waals surface area contributed by atoms with E-state index in [1.54, 1.807) is 0 Å². The lowest BCUT2D eigenvalue weighted by molar-refractivity contribution is -0.143. The molecule has 0 fully saturated rings. The van der Waals surface area contributed by atoms with Crippen molar-refractivity contribution in [2.45, 2.75) is 443 Å². The minimum atomic E-state index is -0.665. The highest BCUT2D eigenvalue weighted by atomic mass is 16.5. The second-order valence-electron chi connectivity index (χ2n) is 26.7. The van der Waals surface area contributed by atoms with Crippen LogP contribution in [0.2, 0.25) is 0 Å². The molecule has 0 rings (SSSR count). The second-order valence-corrected chi connectivity index (χ2v) is 26.7. The topological polar surface area (TPSA) is 95.9 Å². The zero-order chi connectivity index (χ0) is 61.3. The van der Waals surface area contributed by atoms with Crippen molar-refractivity contribution in [3.05, 3.63) is 36.5 Å². The lowest BCUT2D eigenvalue weighted by Crippen LogP contribution is -2.45. The minimum absolute atomic E-state index is 0.00377. The van der Waals surface area contributed by atoms with Gasteiger partial charge in [-0.1, -0.05) is 371 Å². The third-order valence-corrected chi connectivity index (χ3v) is 18.2. The summed E-state index contributed by atoms with van der Waals surface area (Å²) in [5.74, 6) is -0.0247. The van der Waals surface area contributed by atoms with Crippen LogP contribution in [0.25, 0.3) is 0 Å². The van der Waals surface area contributed by atoms with E-state index >= 15 is 0 Å². The average molecular weight is 1200 g/mol. The molecule has 6 nitrogen and oxygen atoms in total. The van der Waals surface area contributed by atoms with Crippen molar-refractivity contribution in [2.24, 2.45) is 0 Å². The predicted octanol–water partition coefficient (Wildman–Crippen LogP) is 25.4. The Bertz CT molecular complexity index is 1380. The third-order valence-electron chi connectivity index (χ3n) is 18.2. The van der Waals surface area contributed by atoms with Crippen LogP contribution in [-0.4, -0.2) is 47.4 Å². The standard InChI is InChI=1S/C79H151NO5/c1-3-5-7-9-11-13-15-17-19-20-21-22-31-34-37-40-44-47-51-55-59-63-67-71-77(82)76(75-81)80-78(83)72-68-64-60-56-52-48-45-41-38-35-32-29-27-25-23-24-26-28-30-33-36-39-42-46-50-54-58-62-66-70-74-85-79(84)73-69-65-61-57-53-49-43-18-16-14-12-10-8-6-4-2/h12,14,18,24,26,43,76-77,81-82H,3-11,13,15-17,19-23,25,27-42,44-75H2,1-2H3,(H,80,83)/b14-12-,26-24-,43-18-. The molecule has 0 aromatic rings. The molecule has 3 N–H and O–H groups in total. The number of esters is 1. The van der Waals surface area contributed by atoms with Gasteiger partial charge < -0.3 is 20.3 Å². The molecular weight excluding hydrogens is 1040 g/mol. The molecule has 0 aromatic carbocycles. The van der Waals surface area contributed by atoms with Crippen LogP contribution in [0.5, 0.6) is 0 Å². The van der Waals surface area contributed by atoms with Gasteiger partial charge in [-0.25, -0.2) is 0 Å². The van der Waals surface area contributed by atoms with Crippen molar-refractivity contribution in [1.82, 2.24) is 5.32 Å². The number of unbranched alkanes of at least 4 members (excludes halogenated alkanes) is 56. The molecule has 0 aliphatic carbocycles. The van der Waals surface area contributed by atoms with Crippen LogP contribution < -0.4 is 5.32 Å². The maximum Gasteiger partial charge on any atom is 0.305 e. The van der Waals surface area contributed by atoms with E-state index in [2.05, 4.69) is 55.6 Å². The van der Waals surface area contributed by atoms with Crippen molar-refractivity contribution in [2.75, 3.05) is 13.2 Å². The number of aliphatic hydroxyl groups excluding tert-OH is 2. The summed E-state index contributed by atoms with van der Waals surface area (Å²) in [6.07, 6.45) is 96.5. The molecular formula is C79H151NO5. The van der Waals surface area contributed by atoms with Crippen molar-refractivity contribution in [1.29, 1.82) is 0 Å². The molecule has 85 heavy (non-hydrogen) atoms. The summed E-state index contributed by atoms with van der Waals surface area (Å²) in [7, 11) is 0. The minimum Gasteiger partial charge on any atom is -0.466 e. The lowest BCUT2D eigenvalue weighted by atomic mass is 10.0. The van der Waals surface area contributed by atoms with Gasteiger partial charge in [0.25, 0.3) is 0 Å². The fourth-order valence-electron chi connectivity index (χ4n) is 12.3. The van der Waals surface area contributed by atoms with Crippen molar-refractivity contribution in [3.8, 4) is 0 Å². The van der Waals surface area contributed by atoms with Gasteiger partial charge in [0.15, 0.2) is 0 Å². The Morgan fingerprint density at radius 1 is 0.329 bits per heavy atom. The van der Waals surface area contributed by atoms with Crippen molar-refractivity contribution < 1.29 is 24.5 Å². The number of nitrogens with one attached hydrogen (secondary N) is 1. The van der Waals surface area contributed by atoms with E-state index in [1.807, 2.05) is 0 Å². The van der Waals surface area contributed by atoms with Gasteiger partial charge >= 0.3 is 5.97 Å². The first-order valence-corrected chi connectivity index (χ1v) is 38.7. The Morgan fingerprint density at radius 2 is 0.588 bits per heavy atom. The Morgan fingerprint density at radius 3 is 0.929 bits per heavy atom.